The first-order valence-corrected chi connectivity index (χ1v) is 6.03. The maximum atomic E-state index is 3.62. The van der Waals surface area contributed by atoms with E-state index in [1.807, 2.05) is 0 Å². The van der Waals surface area contributed by atoms with Gasteiger partial charge in [0, 0.05) is 25.2 Å². The summed E-state index contributed by atoms with van der Waals surface area (Å²) >= 11 is 0. The van der Waals surface area contributed by atoms with Crippen LogP contribution < -0.4 is 5.32 Å². The molecule has 1 aliphatic rings. The van der Waals surface area contributed by atoms with Gasteiger partial charge in [-0.05, 0) is 32.2 Å². The lowest BCUT2D eigenvalue weighted by atomic mass is 9.85. The average Bonchev–Trinajstić information content (AvgIpc) is 2.10. The highest BCUT2D eigenvalue weighted by Crippen LogP contribution is 2.23. The molecule has 1 N–H and O–H groups in total. The van der Waals surface area contributed by atoms with Crippen LogP contribution in [-0.2, 0) is 0 Å². The minimum absolute atomic E-state index is 0.697. The molecule has 14 heavy (non-hydrogen) atoms. The number of piperidine rings is 1. The van der Waals surface area contributed by atoms with Gasteiger partial charge in [-0.1, -0.05) is 20.8 Å². The standard InChI is InChI=1S/C12H26N2/c1-6-13-12-10(4)7-14(9(2)3)8-11(12)5/h9-13H,6-8H2,1-5H3. The molecule has 0 aliphatic carbocycles. The summed E-state index contributed by atoms with van der Waals surface area (Å²) in [5.41, 5.74) is 0. The second-order valence-corrected chi connectivity index (χ2v) is 5.09. The molecule has 2 unspecified atom stereocenters. The van der Waals surface area contributed by atoms with Crippen molar-refractivity contribution in [2.75, 3.05) is 19.6 Å². The molecule has 2 atom stereocenters. The lowest BCUT2D eigenvalue weighted by Gasteiger charge is -2.43. The largest absolute Gasteiger partial charge is 0.314 e. The summed E-state index contributed by atoms with van der Waals surface area (Å²) in [6.45, 7) is 15.1. The molecule has 1 saturated heterocycles. The van der Waals surface area contributed by atoms with Crippen molar-refractivity contribution in [1.82, 2.24) is 10.2 Å². The highest BCUT2D eigenvalue weighted by atomic mass is 15.2. The van der Waals surface area contributed by atoms with Crippen molar-refractivity contribution in [3.05, 3.63) is 0 Å². The number of nitrogens with one attached hydrogen (secondary N) is 1. The molecule has 0 saturated carbocycles. The maximum Gasteiger partial charge on any atom is 0.0143 e. The summed E-state index contributed by atoms with van der Waals surface area (Å²) in [6, 6.07) is 1.41. The Morgan fingerprint density at radius 3 is 2.07 bits per heavy atom. The van der Waals surface area contributed by atoms with Gasteiger partial charge in [-0.3, -0.25) is 0 Å². The fourth-order valence-corrected chi connectivity index (χ4v) is 2.66. The van der Waals surface area contributed by atoms with Gasteiger partial charge in [0.25, 0.3) is 0 Å². The van der Waals surface area contributed by atoms with E-state index in [9.17, 15) is 0 Å². The van der Waals surface area contributed by atoms with E-state index in [4.69, 9.17) is 0 Å². The Morgan fingerprint density at radius 1 is 1.21 bits per heavy atom. The van der Waals surface area contributed by atoms with E-state index < -0.39 is 0 Å². The Balaban J connectivity index is 2.53. The zero-order chi connectivity index (χ0) is 10.7. The number of hydrogen-bond acceptors (Lipinski definition) is 2. The first kappa shape index (κ1) is 12.0. The molecule has 1 rings (SSSR count). The SMILES string of the molecule is CCNC1C(C)CN(C(C)C)CC1C. The van der Waals surface area contributed by atoms with Gasteiger partial charge in [0.15, 0.2) is 0 Å². The molecule has 0 aromatic carbocycles. The van der Waals surface area contributed by atoms with Crippen LogP contribution in [0.25, 0.3) is 0 Å². The van der Waals surface area contributed by atoms with Crippen molar-refractivity contribution in [3.8, 4) is 0 Å². The molecule has 0 aromatic heterocycles. The summed E-state index contributed by atoms with van der Waals surface area (Å²) in [6.07, 6.45) is 0. The van der Waals surface area contributed by atoms with Gasteiger partial charge in [0.1, 0.15) is 0 Å². The fraction of sp³-hybridized carbons (Fsp3) is 1.00. The van der Waals surface area contributed by atoms with E-state index >= 15 is 0 Å². The Hall–Kier alpha value is -0.0800. The van der Waals surface area contributed by atoms with E-state index in [2.05, 4.69) is 44.8 Å². The van der Waals surface area contributed by atoms with E-state index in [0.717, 1.165) is 24.4 Å². The molecule has 2 nitrogen and oxygen atoms in total. The van der Waals surface area contributed by atoms with Gasteiger partial charge in [-0.2, -0.15) is 0 Å². The molecule has 0 radical (unpaired) electrons. The van der Waals surface area contributed by atoms with Crippen molar-refractivity contribution >= 4 is 0 Å². The van der Waals surface area contributed by atoms with Crippen LogP contribution in [0.2, 0.25) is 0 Å². The zero-order valence-corrected chi connectivity index (χ0v) is 10.4. The third-order valence-electron chi connectivity index (χ3n) is 3.44. The molecule has 84 valence electrons. The predicted octanol–water partition coefficient (Wildman–Crippen LogP) is 1.96. The first-order chi connectivity index (χ1) is 6.56. The summed E-state index contributed by atoms with van der Waals surface area (Å²) in [4.78, 5) is 2.60. The lowest BCUT2D eigenvalue weighted by Crippen LogP contribution is -2.54. The second kappa shape index (κ2) is 5.13. The highest BCUT2D eigenvalue weighted by Gasteiger charge is 2.31. The smallest absolute Gasteiger partial charge is 0.0143 e. The zero-order valence-electron chi connectivity index (χ0n) is 10.4. The van der Waals surface area contributed by atoms with Crippen LogP contribution in [0.15, 0.2) is 0 Å². The van der Waals surface area contributed by atoms with Gasteiger partial charge < -0.3 is 10.2 Å². The Morgan fingerprint density at radius 2 is 1.71 bits per heavy atom. The Bertz CT molecular complexity index is 156. The van der Waals surface area contributed by atoms with E-state index in [1.165, 1.54) is 13.1 Å². The molecule has 1 heterocycles. The molecule has 0 bridgehead atoms. The van der Waals surface area contributed by atoms with Gasteiger partial charge >= 0.3 is 0 Å². The molecule has 2 heteroatoms. The normalized spacial score (nSPS) is 35.1. The monoisotopic (exact) mass is 198 g/mol. The molecule has 1 fully saturated rings. The van der Waals surface area contributed by atoms with Crippen molar-refractivity contribution in [2.24, 2.45) is 11.8 Å². The summed E-state index contributed by atoms with van der Waals surface area (Å²) < 4.78 is 0. The summed E-state index contributed by atoms with van der Waals surface area (Å²) in [5, 5.41) is 3.62. The second-order valence-electron chi connectivity index (χ2n) is 5.09. The number of rotatable bonds is 3. The minimum atomic E-state index is 0.697. The number of nitrogens with zero attached hydrogens (tertiary/aromatic N) is 1. The summed E-state index contributed by atoms with van der Waals surface area (Å²) in [7, 11) is 0. The molecule has 0 spiro atoms. The number of likely N-dealkylation sites (tertiary alicyclic amines) is 1. The van der Waals surface area contributed by atoms with Crippen LogP contribution in [0.5, 0.6) is 0 Å². The molecule has 0 amide bonds. The summed E-state index contributed by atoms with van der Waals surface area (Å²) in [5.74, 6) is 1.56. The highest BCUT2D eigenvalue weighted by molar-refractivity contribution is 4.88. The molecular weight excluding hydrogens is 172 g/mol. The predicted molar refractivity (Wildman–Crippen MR) is 62.5 cm³/mol. The maximum absolute atomic E-state index is 3.62. The van der Waals surface area contributed by atoms with Crippen molar-refractivity contribution in [1.29, 1.82) is 0 Å². The fourth-order valence-electron chi connectivity index (χ4n) is 2.66. The van der Waals surface area contributed by atoms with Gasteiger partial charge in [0.2, 0.25) is 0 Å². The van der Waals surface area contributed by atoms with Crippen LogP contribution in [0.4, 0.5) is 0 Å². The van der Waals surface area contributed by atoms with Crippen LogP contribution in [-0.4, -0.2) is 36.6 Å². The van der Waals surface area contributed by atoms with Gasteiger partial charge in [-0.15, -0.1) is 0 Å². The van der Waals surface area contributed by atoms with Crippen LogP contribution in [0.3, 0.4) is 0 Å². The van der Waals surface area contributed by atoms with Crippen molar-refractivity contribution < 1.29 is 0 Å². The van der Waals surface area contributed by atoms with Crippen LogP contribution in [0, 0.1) is 11.8 Å². The van der Waals surface area contributed by atoms with E-state index in [-0.39, 0.29) is 0 Å². The van der Waals surface area contributed by atoms with Crippen molar-refractivity contribution in [3.63, 3.8) is 0 Å². The van der Waals surface area contributed by atoms with Crippen LogP contribution >= 0.6 is 0 Å². The minimum Gasteiger partial charge on any atom is -0.314 e. The van der Waals surface area contributed by atoms with E-state index in [0.29, 0.717) is 6.04 Å². The lowest BCUT2D eigenvalue weighted by molar-refractivity contribution is 0.0778. The average molecular weight is 198 g/mol. The van der Waals surface area contributed by atoms with Crippen molar-refractivity contribution in [2.45, 2.75) is 46.7 Å². The third kappa shape index (κ3) is 2.71. The quantitative estimate of drug-likeness (QED) is 0.746. The van der Waals surface area contributed by atoms with E-state index in [1.54, 1.807) is 0 Å². The third-order valence-corrected chi connectivity index (χ3v) is 3.44. The topological polar surface area (TPSA) is 15.3 Å². The molecule has 0 aromatic rings. The molecular formula is C12H26N2. The Labute approximate surface area is 89.1 Å². The van der Waals surface area contributed by atoms with Gasteiger partial charge in [0.05, 0.1) is 0 Å². The Kier molecular flexibility index (Phi) is 4.39. The molecule has 1 aliphatic heterocycles. The van der Waals surface area contributed by atoms with Crippen LogP contribution in [0.1, 0.15) is 34.6 Å². The number of hydrogen-bond donors (Lipinski definition) is 1. The van der Waals surface area contributed by atoms with Gasteiger partial charge in [-0.25, -0.2) is 0 Å². The first-order valence-electron chi connectivity index (χ1n) is 6.03.